The SMILES string of the molecule is [2H]C([2H])(Nc1nc(C)c2c(n1)N(C([2H])([2H])[2H])[C@@H](C)C(=O)N2)c1cnn(Cc2ccc(C(F)(F)F)nc2)c1. The van der Waals surface area contributed by atoms with Gasteiger partial charge in [-0.25, -0.2) is 4.98 Å². The van der Waals surface area contributed by atoms with Crippen LogP contribution in [0.3, 0.4) is 0 Å². The van der Waals surface area contributed by atoms with Crippen LogP contribution in [0.15, 0.2) is 30.7 Å². The number of halogens is 3. The van der Waals surface area contributed by atoms with Crippen LogP contribution in [0.4, 0.5) is 30.6 Å². The Morgan fingerprint density at radius 3 is 2.78 bits per heavy atom. The monoisotopic (exact) mass is 451 g/mol. The highest BCUT2D eigenvalue weighted by atomic mass is 19.4. The lowest BCUT2D eigenvalue weighted by atomic mass is 10.2. The number of carbonyl (C=O) groups is 1. The van der Waals surface area contributed by atoms with E-state index in [1.807, 2.05) is 0 Å². The molecule has 1 aliphatic heterocycles. The molecule has 0 aliphatic carbocycles. The van der Waals surface area contributed by atoms with Gasteiger partial charge in [-0.05, 0) is 25.5 Å². The largest absolute Gasteiger partial charge is 0.433 e. The number of aryl methyl sites for hydroxylation is 1. The predicted octanol–water partition coefficient (Wildman–Crippen LogP) is 2.83. The number of aromatic nitrogens is 5. The number of hydrogen-bond donors (Lipinski definition) is 2. The Hall–Kier alpha value is -3.70. The summed E-state index contributed by atoms with van der Waals surface area (Å²) in [5, 5.41) is 9.16. The van der Waals surface area contributed by atoms with E-state index in [0.717, 1.165) is 17.2 Å². The van der Waals surface area contributed by atoms with Crippen molar-refractivity contribution in [1.82, 2.24) is 24.7 Å². The van der Waals surface area contributed by atoms with E-state index < -0.39 is 37.3 Å². The molecular formula is C20H21F3N8O. The van der Waals surface area contributed by atoms with E-state index in [-0.39, 0.29) is 35.3 Å². The molecule has 12 heteroatoms. The second-order valence-electron chi connectivity index (χ2n) is 7.09. The molecule has 0 saturated heterocycles. The van der Waals surface area contributed by atoms with Gasteiger partial charge in [0.1, 0.15) is 17.4 Å². The van der Waals surface area contributed by atoms with Crippen LogP contribution in [0.25, 0.3) is 0 Å². The third-order valence-corrected chi connectivity index (χ3v) is 4.73. The van der Waals surface area contributed by atoms with Crippen LogP contribution in [0, 0.1) is 6.92 Å². The first kappa shape index (κ1) is 16.0. The first-order valence-corrected chi connectivity index (χ1v) is 9.38. The normalized spacial score (nSPS) is 19.2. The number of pyridine rings is 1. The Morgan fingerprint density at radius 1 is 1.28 bits per heavy atom. The van der Waals surface area contributed by atoms with Gasteiger partial charge in [-0.2, -0.15) is 23.3 Å². The fourth-order valence-electron chi connectivity index (χ4n) is 2.98. The van der Waals surface area contributed by atoms with Crippen molar-refractivity contribution in [2.75, 3.05) is 22.5 Å². The molecule has 4 heterocycles. The summed E-state index contributed by atoms with van der Waals surface area (Å²) in [5.74, 6) is -0.844. The number of anilines is 3. The van der Waals surface area contributed by atoms with E-state index in [0.29, 0.717) is 5.56 Å². The molecule has 3 aromatic rings. The highest BCUT2D eigenvalue weighted by molar-refractivity contribution is 6.03. The molecule has 1 aliphatic rings. The highest BCUT2D eigenvalue weighted by Gasteiger charge is 2.32. The Balaban J connectivity index is 1.57. The van der Waals surface area contributed by atoms with Gasteiger partial charge in [0.2, 0.25) is 11.9 Å². The van der Waals surface area contributed by atoms with Gasteiger partial charge in [0.05, 0.1) is 21.2 Å². The lowest BCUT2D eigenvalue weighted by Crippen LogP contribution is -2.44. The van der Waals surface area contributed by atoms with Gasteiger partial charge in [-0.3, -0.25) is 14.5 Å². The van der Waals surface area contributed by atoms with Crippen molar-refractivity contribution >= 4 is 23.4 Å². The summed E-state index contributed by atoms with van der Waals surface area (Å²) in [7, 11) is 0. The third-order valence-electron chi connectivity index (χ3n) is 4.73. The standard InChI is InChI=1S/C20H21F3N8O/c1-11-16-17(30(3)12(2)18(32)28-16)29-19(27-11)25-7-14-8-26-31(10-14)9-13-4-5-15(24-6-13)20(21,22)23/h4-6,8,10,12H,7,9H2,1-3H3,(H,28,32)(H,25,27,29)/t12-/m0/s1/i3D3,7D2. The molecule has 168 valence electrons. The topological polar surface area (TPSA) is 101 Å². The molecule has 0 spiro atoms. The molecule has 0 saturated carbocycles. The Kier molecular flexibility index (Phi) is 4.05. The molecule has 1 amide bonds. The van der Waals surface area contributed by atoms with Crippen LogP contribution < -0.4 is 15.5 Å². The van der Waals surface area contributed by atoms with Crippen LogP contribution in [0.2, 0.25) is 0 Å². The van der Waals surface area contributed by atoms with Gasteiger partial charge < -0.3 is 15.5 Å². The van der Waals surface area contributed by atoms with Crippen molar-refractivity contribution < 1.29 is 24.8 Å². The number of carbonyl (C=O) groups excluding carboxylic acids is 1. The minimum Gasteiger partial charge on any atom is -0.350 e. The summed E-state index contributed by atoms with van der Waals surface area (Å²) in [4.78, 5) is 24.9. The number of hydrogen-bond acceptors (Lipinski definition) is 7. The average molecular weight is 451 g/mol. The molecule has 0 unspecified atom stereocenters. The number of alkyl halides is 3. The summed E-state index contributed by atoms with van der Waals surface area (Å²) >= 11 is 0. The highest BCUT2D eigenvalue weighted by Crippen LogP contribution is 2.32. The van der Waals surface area contributed by atoms with Gasteiger partial charge in [0, 0.05) is 35.5 Å². The number of likely N-dealkylation sites (N-methyl/N-ethyl adjacent to an activating group) is 1. The van der Waals surface area contributed by atoms with Gasteiger partial charge in [0.25, 0.3) is 0 Å². The fraction of sp³-hybridized carbons (Fsp3) is 0.350. The summed E-state index contributed by atoms with van der Waals surface area (Å²) in [5.41, 5.74) is -0.206. The van der Waals surface area contributed by atoms with Gasteiger partial charge in [-0.1, -0.05) is 6.07 Å². The van der Waals surface area contributed by atoms with E-state index in [4.69, 9.17) is 6.85 Å². The maximum atomic E-state index is 12.7. The molecular weight excluding hydrogens is 425 g/mol. The maximum Gasteiger partial charge on any atom is 0.433 e. The van der Waals surface area contributed by atoms with E-state index in [9.17, 15) is 18.0 Å². The fourth-order valence-corrected chi connectivity index (χ4v) is 2.98. The minimum atomic E-state index is -4.56. The van der Waals surface area contributed by atoms with Crippen molar-refractivity contribution in [2.24, 2.45) is 0 Å². The van der Waals surface area contributed by atoms with E-state index in [1.54, 1.807) is 0 Å². The average Bonchev–Trinajstić information content (AvgIpc) is 3.23. The molecule has 4 rings (SSSR count). The van der Waals surface area contributed by atoms with Crippen molar-refractivity contribution in [3.63, 3.8) is 0 Å². The number of amides is 1. The van der Waals surface area contributed by atoms with Crippen LogP contribution >= 0.6 is 0 Å². The first-order valence-electron chi connectivity index (χ1n) is 11.9. The molecule has 0 fully saturated rings. The van der Waals surface area contributed by atoms with Gasteiger partial charge in [0.15, 0.2) is 5.82 Å². The van der Waals surface area contributed by atoms with Crippen molar-refractivity contribution in [1.29, 1.82) is 0 Å². The number of rotatable bonds is 5. The molecule has 3 aromatic heterocycles. The van der Waals surface area contributed by atoms with Crippen LogP contribution in [0.5, 0.6) is 0 Å². The zero-order chi connectivity index (χ0) is 27.3. The zero-order valence-electron chi connectivity index (χ0n) is 21.9. The van der Waals surface area contributed by atoms with Crippen LogP contribution in [-0.4, -0.2) is 43.7 Å². The summed E-state index contributed by atoms with van der Waals surface area (Å²) < 4.78 is 79.8. The number of nitrogens with one attached hydrogen (secondary N) is 2. The summed E-state index contributed by atoms with van der Waals surface area (Å²) in [6.45, 7) is -2.00. The van der Waals surface area contributed by atoms with E-state index >= 15 is 0 Å². The second kappa shape index (κ2) is 8.09. The smallest absolute Gasteiger partial charge is 0.350 e. The Bertz CT molecular complexity index is 1330. The third kappa shape index (κ3) is 4.34. The number of fused-ring (bicyclic) bond motifs is 1. The second-order valence-corrected chi connectivity index (χ2v) is 7.09. The maximum absolute atomic E-state index is 12.7. The predicted molar refractivity (Wildman–Crippen MR) is 111 cm³/mol. The Labute approximate surface area is 188 Å². The quantitative estimate of drug-likeness (QED) is 0.615. The lowest BCUT2D eigenvalue weighted by Gasteiger charge is -2.32. The van der Waals surface area contributed by atoms with Crippen molar-refractivity contribution in [3.8, 4) is 0 Å². The van der Waals surface area contributed by atoms with Crippen molar-refractivity contribution in [2.45, 2.75) is 39.1 Å². The van der Waals surface area contributed by atoms with Crippen LogP contribution in [0.1, 0.15) is 36.3 Å². The van der Waals surface area contributed by atoms with E-state index in [2.05, 4.69) is 30.7 Å². The summed E-state index contributed by atoms with van der Waals surface area (Å²) in [6.07, 6.45) is -0.905. The molecule has 2 N–H and O–H groups in total. The zero-order valence-corrected chi connectivity index (χ0v) is 16.9. The minimum absolute atomic E-state index is 0.0425. The molecule has 32 heavy (non-hydrogen) atoms. The van der Waals surface area contributed by atoms with Gasteiger partial charge >= 0.3 is 6.18 Å². The molecule has 1 atom stereocenters. The molecule has 0 bridgehead atoms. The molecule has 0 radical (unpaired) electrons. The summed E-state index contributed by atoms with van der Waals surface area (Å²) in [6, 6.07) is 1.05. The van der Waals surface area contributed by atoms with E-state index in [1.165, 1.54) is 37.0 Å². The van der Waals surface area contributed by atoms with Crippen LogP contribution in [-0.2, 0) is 24.0 Å². The Morgan fingerprint density at radius 2 is 2.09 bits per heavy atom. The first-order chi connectivity index (χ1) is 17.1. The van der Waals surface area contributed by atoms with Gasteiger partial charge in [-0.15, -0.1) is 0 Å². The lowest BCUT2D eigenvalue weighted by molar-refractivity contribution is -0.141. The number of nitrogens with zero attached hydrogens (tertiary/aromatic N) is 6. The van der Waals surface area contributed by atoms with Crippen molar-refractivity contribution in [3.05, 3.63) is 53.2 Å². The molecule has 9 nitrogen and oxygen atoms in total. The molecule has 0 aromatic carbocycles.